The Bertz CT molecular complexity index is 890. The Labute approximate surface area is 160 Å². The molecule has 3 rings (SSSR count). The molecule has 0 aliphatic heterocycles. The molecular weight excluding hydrogens is 362 g/mol. The number of nitrogens with two attached hydrogens (primary N) is 1. The van der Waals surface area contributed by atoms with Crippen molar-refractivity contribution in [1.29, 1.82) is 0 Å². The van der Waals surface area contributed by atoms with E-state index in [9.17, 15) is 13.2 Å². The molecule has 7 heteroatoms. The lowest BCUT2D eigenvalue weighted by molar-refractivity contribution is 0.0903. The number of para-hydroxylation sites is 1. The van der Waals surface area contributed by atoms with E-state index in [1.54, 1.807) is 36.4 Å². The molecule has 0 spiro atoms. The van der Waals surface area contributed by atoms with Gasteiger partial charge in [-0.15, -0.1) is 0 Å². The van der Waals surface area contributed by atoms with E-state index in [-0.39, 0.29) is 16.3 Å². The van der Waals surface area contributed by atoms with Gasteiger partial charge in [0.1, 0.15) is 0 Å². The van der Waals surface area contributed by atoms with Crippen LogP contribution in [0.2, 0.25) is 0 Å². The number of rotatable bonds is 6. The maximum Gasteiger partial charge on any atom is 0.264 e. The van der Waals surface area contributed by atoms with Crippen LogP contribution in [0, 0.1) is 0 Å². The molecule has 1 aliphatic carbocycles. The van der Waals surface area contributed by atoms with Gasteiger partial charge in [0, 0.05) is 19.2 Å². The molecule has 0 saturated heterocycles. The normalized spacial score (nSPS) is 16.1. The smallest absolute Gasteiger partial charge is 0.264 e. The first-order valence-electron chi connectivity index (χ1n) is 9.05. The number of anilines is 1. The molecule has 0 unspecified atom stereocenters. The predicted octanol–water partition coefficient (Wildman–Crippen LogP) is 2.51. The van der Waals surface area contributed by atoms with Crippen LogP contribution < -0.4 is 15.4 Å². The van der Waals surface area contributed by atoms with E-state index >= 15 is 0 Å². The molecule has 3 N–H and O–H groups in total. The molecule has 1 fully saturated rings. The van der Waals surface area contributed by atoms with E-state index in [0.29, 0.717) is 17.8 Å². The Hall–Kier alpha value is -2.38. The fourth-order valence-corrected chi connectivity index (χ4v) is 4.65. The van der Waals surface area contributed by atoms with Gasteiger partial charge >= 0.3 is 0 Å². The molecule has 0 radical (unpaired) electrons. The number of nitrogens with zero attached hydrogens (tertiary/aromatic N) is 1. The van der Waals surface area contributed by atoms with Gasteiger partial charge in [-0.05, 0) is 49.2 Å². The average molecular weight is 388 g/mol. The molecule has 1 saturated carbocycles. The van der Waals surface area contributed by atoms with Crippen LogP contribution in [-0.2, 0) is 10.0 Å². The molecule has 1 aliphatic rings. The summed E-state index contributed by atoms with van der Waals surface area (Å²) in [6.07, 6.45) is 3.87. The highest BCUT2D eigenvalue weighted by Crippen LogP contribution is 2.29. The second kappa shape index (κ2) is 7.70. The Kier molecular flexibility index (Phi) is 5.53. The van der Waals surface area contributed by atoms with Crippen LogP contribution in [0.25, 0.3) is 0 Å². The highest BCUT2D eigenvalue weighted by molar-refractivity contribution is 7.92. The summed E-state index contributed by atoms with van der Waals surface area (Å²) in [6.45, 7) is 0.410. The van der Waals surface area contributed by atoms with Gasteiger partial charge in [-0.25, -0.2) is 8.42 Å². The monoisotopic (exact) mass is 387 g/mol. The van der Waals surface area contributed by atoms with Crippen molar-refractivity contribution in [2.45, 2.75) is 36.1 Å². The average Bonchev–Trinajstić information content (AvgIpc) is 3.17. The SMILES string of the molecule is CN(c1ccccc1)S(=O)(=O)c1ccc(C(=O)NC2(CN)CCCC2)cc1. The zero-order valence-corrected chi connectivity index (χ0v) is 16.2. The number of amides is 1. The molecule has 27 heavy (non-hydrogen) atoms. The predicted molar refractivity (Wildman–Crippen MR) is 106 cm³/mol. The summed E-state index contributed by atoms with van der Waals surface area (Å²) >= 11 is 0. The lowest BCUT2D eigenvalue weighted by atomic mass is 9.97. The highest BCUT2D eigenvalue weighted by atomic mass is 32.2. The van der Waals surface area contributed by atoms with Gasteiger partial charge in [0.15, 0.2) is 0 Å². The quantitative estimate of drug-likeness (QED) is 0.797. The lowest BCUT2D eigenvalue weighted by Gasteiger charge is -2.28. The van der Waals surface area contributed by atoms with Crippen molar-refractivity contribution in [3.05, 3.63) is 60.2 Å². The maximum absolute atomic E-state index is 12.8. The molecule has 0 aromatic heterocycles. The molecule has 1 amide bonds. The first-order chi connectivity index (χ1) is 12.9. The van der Waals surface area contributed by atoms with Crippen LogP contribution in [0.5, 0.6) is 0 Å². The van der Waals surface area contributed by atoms with Gasteiger partial charge in [-0.1, -0.05) is 31.0 Å². The lowest BCUT2D eigenvalue weighted by Crippen LogP contribution is -2.51. The van der Waals surface area contributed by atoms with Gasteiger partial charge in [-0.3, -0.25) is 9.10 Å². The standard InChI is InChI=1S/C20H25N3O3S/c1-23(17-7-3-2-4-8-17)27(25,26)18-11-9-16(10-12-18)19(24)22-20(15-21)13-5-6-14-20/h2-4,7-12H,5-6,13-15,21H2,1H3,(H,22,24). The van der Waals surface area contributed by atoms with Crippen LogP contribution in [0.15, 0.2) is 59.5 Å². The number of sulfonamides is 1. The Morgan fingerprint density at radius 1 is 1.07 bits per heavy atom. The van der Waals surface area contributed by atoms with Crippen molar-refractivity contribution in [3.8, 4) is 0 Å². The van der Waals surface area contributed by atoms with Crippen LogP contribution in [-0.4, -0.2) is 33.5 Å². The van der Waals surface area contributed by atoms with Crippen LogP contribution in [0.1, 0.15) is 36.0 Å². The van der Waals surface area contributed by atoms with Gasteiger partial charge in [0.25, 0.3) is 15.9 Å². The third-order valence-electron chi connectivity index (χ3n) is 5.22. The maximum atomic E-state index is 12.8. The van der Waals surface area contributed by atoms with Gasteiger partial charge in [0.05, 0.1) is 16.1 Å². The van der Waals surface area contributed by atoms with Crippen LogP contribution in [0.3, 0.4) is 0 Å². The minimum absolute atomic E-state index is 0.139. The summed E-state index contributed by atoms with van der Waals surface area (Å²) in [5.41, 5.74) is 6.53. The van der Waals surface area contributed by atoms with Crippen molar-refractivity contribution in [1.82, 2.24) is 5.32 Å². The summed E-state index contributed by atoms with van der Waals surface area (Å²) in [5.74, 6) is -0.220. The third kappa shape index (κ3) is 3.99. The Balaban J connectivity index is 1.77. The van der Waals surface area contributed by atoms with E-state index in [1.165, 1.54) is 23.5 Å². The summed E-state index contributed by atoms with van der Waals surface area (Å²) in [4.78, 5) is 12.7. The van der Waals surface area contributed by atoms with Gasteiger partial charge in [0.2, 0.25) is 0 Å². The summed E-state index contributed by atoms with van der Waals surface area (Å²) in [5, 5.41) is 3.04. The van der Waals surface area contributed by atoms with Gasteiger partial charge < -0.3 is 11.1 Å². The van der Waals surface area contributed by atoms with Crippen LogP contribution in [0.4, 0.5) is 5.69 Å². The molecule has 0 bridgehead atoms. The van der Waals surface area contributed by atoms with Crippen molar-refractivity contribution in [2.75, 3.05) is 17.9 Å². The largest absolute Gasteiger partial charge is 0.345 e. The van der Waals surface area contributed by atoms with E-state index in [2.05, 4.69) is 5.32 Å². The first-order valence-corrected chi connectivity index (χ1v) is 10.5. The molecule has 0 atom stereocenters. The Morgan fingerprint density at radius 2 is 1.67 bits per heavy atom. The number of hydrogen-bond acceptors (Lipinski definition) is 4. The third-order valence-corrected chi connectivity index (χ3v) is 7.02. The van der Waals surface area contributed by atoms with Crippen molar-refractivity contribution in [2.24, 2.45) is 5.73 Å². The molecule has 6 nitrogen and oxygen atoms in total. The summed E-state index contributed by atoms with van der Waals surface area (Å²) in [7, 11) is -2.18. The van der Waals surface area contributed by atoms with E-state index in [1.807, 2.05) is 6.07 Å². The second-order valence-corrected chi connectivity index (χ2v) is 8.95. The van der Waals surface area contributed by atoms with Crippen molar-refractivity contribution in [3.63, 3.8) is 0 Å². The fourth-order valence-electron chi connectivity index (χ4n) is 3.46. The minimum atomic E-state index is -3.69. The van der Waals surface area contributed by atoms with Crippen molar-refractivity contribution < 1.29 is 13.2 Å². The molecular formula is C20H25N3O3S. The van der Waals surface area contributed by atoms with Gasteiger partial charge in [-0.2, -0.15) is 0 Å². The number of carbonyl (C=O) groups is 1. The number of hydrogen-bond donors (Lipinski definition) is 2. The minimum Gasteiger partial charge on any atom is -0.345 e. The Morgan fingerprint density at radius 3 is 2.22 bits per heavy atom. The molecule has 2 aromatic rings. The topological polar surface area (TPSA) is 92.5 Å². The molecule has 144 valence electrons. The van der Waals surface area contributed by atoms with Crippen LogP contribution >= 0.6 is 0 Å². The van der Waals surface area contributed by atoms with E-state index < -0.39 is 10.0 Å². The summed E-state index contributed by atoms with van der Waals surface area (Å²) < 4.78 is 26.8. The number of benzene rings is 2. The zero-order valence-electron chi connectivity index (χ0n) is 15.4. The second-order valence-electron chi connectivity index (χ2n) is 6.98. The summed E-state index contributed by atoms with van der Waals surface area (Å²) in [6, 6.07) is 14.9. The first kappa shape index (κ1) is 19.4. The van der Waals surface area contributed by atoms with E-state index in [0.717, 1.165) is 25.7 Å². The molecule has 0 heterocycles. The number of carbonyl (C=O) groups excluding carboxylic acids is 1. The number of nitrogens with one attached hydrogen (secondary N) is 1. The highest BCUT2D eigenvalue weighted by Gasteiger charge is 2.34. The zero-order chi connectivity index (χ0) is 19.5. The van der Waals surface area contributed by atoms with E-state index in [4.69, 9.17) is 5.73 Å². The van der Waals surface area contributed by atoms with Crippen molar-refractivity contribution >= 4 is 21.6 Å². The fraction of sp³-hybridized carbons (Fsp3) is 0.350. The molecule has 2 aromatic carbocycles.